The quantitative estimate of drug-likeness (QED) is 0.290. The number of aromatic nitrogens is 4. The summed E-state index contributed by atoms with van der Waals surface area (Å²) < 4.78 is 1.35. The SMILES string of the molecule is Cc1cc(N)nc(C)c1CNC(=O)Cc1c(C)ccn(NCc2nc(-c3ccccc3)[nH]c2Cl)c1=O. The highest BCUT2D eigenvalue weighted by Gasteiger charge is 2.15. The number of hydrogen-bond donors (Lipinski definition) is 4. The molecule has 1 aromatic carbocycles. The molecule has 0 spiro atoms. The zero-order chi connectivity index (χ0) is 25.8. The van der Waals surface area contributed by atoms with Crippen molar-refractivity contribution in [2.45, 2.75) is 40.3 Å². The fraction of sp³-hybridized carbons (Fsp3) is 0.231. The highest BCUT2D eigenvalue weighted by Crippen LogP contribution is 2.21. The van der Waals surface area contributed by atoms with E-state index in [4.69, 9.17) is 17.3 Å². The summed E-state index contributed by atoms with van der Waals surface area (Å²) in [6, 6.07) is 13.2. The van der Waals surface area contributed by atoms with Crippen molar-refractivity contribution in [1.82, 2.24) is 24.9 Å². The fourth-order valence-electron chi connectivity index (χ4n) is 3.97. The van der Waals surface area contributed by atoms with Gasteiger partial charge in [0.1, 0.15) is 16.8 Å². The molecule has 0 unspecified atom stereocenters. The maximum atomic E-state index is 13.1. The first-order valence-corrected chi connectivity index (χ1v) is 11.8. The highest BCUT2D eigenvalue weighted by molar-refractivity contribution is 6.30. The molecule has 0 radical (unpaired) electrons. The summed E-state index contributed by atoms with van der Waals surface area (Å²) in [4.78, 5) is 37.7. The minimum atomic E-state index is -0.304. The maximum Gasteiger partial charge on any atom is 0.272 e. The topological polar surface area (TPSA) is 131 Å². The first kappa shape index (κ1) is 25.0. The van der Waals surface area contributed by atoms with E-state index in [2.05, 4.69) is 25.7 Å². The summed E-state index contributed by atoms with van der Waals surface area (Å²) in [5.41, 5.74) is 13.8. The molecule has 1 amide bonds. The Bertz CT molecular complexity index is 1440. The molecule has 4 rings (SSSR count). The number of nitrogens with two attached hydrogens (primary N) is 1. The molecule has 0 saturated carbocycles. The van der Waals surface area contributed by atoms with Crippen LogP contribution in [-0.4, -0.2) is 25.5 Å². The number of hydrogen-bond acceptors (Lipinski definition) is 6. The van der Waals surface area contributed by atoms with E-state index in [0.717, 1.165) is 27.9 Å². The van der Waals surface area contributed by atoms with Crippen LogP contribution in [0.3, 0.4) is 0 Å². The van der Waals surface area contributed by atoms with Crippen LogP contribution in [0.4, 0.5) is 5.82 Å². The Morgan fingerprint density at radius 1 is 1.06 bits per heavy atom. The Morgan fingerprint density at radius 2 is 1.81 bits per heavy atom. The number of benzene rings is 1. The van der Waals surface area contributed by atoms with Crippen LogP contribution in [0.2, 0.25) is 5.15 Å². The van der Waals surface area contributed by atoms with Gasteiger partial charge in [-0.2, -0.15) is 0 Å². The summed E-state index contributed by atoms with van der Waals surface area (Å²) >= 11 is 6.33. The van der Waals surface area contributed by atoms with Gasteiger partial charge in [-0.3, -0.25) is 9.59 Å². The number of carbonyl (C=O) groups is 1. The van der Waals surface area contributed by atoms with Gasteiger partial charge in [-0.1, -0.05) is 41.9 Å². The number of pyridine rings is 2. The van der Waals surface area contributed by atoms with Gasteiger partial charge in [0.15, 0.2) is 0 Å². The van der Waals surface area contributed by atoms with Gasteiger partial charge in [-0.15, -0.1) is 0 Å². The van der Waals surface area contributed by atoms with Crippen molar-refractivity contribution in [3.05, 3.63) is 97.8 Å². The summed E-state index contributed by atoms with van der Waals surface area (Å²) in [6.45, 7) is 6.11. The van der Waals surface area contributed by atoms with Crippen molar-refractivity contribution >= 4 is 23.3 Å². The number of imidazole rings is 1. The number of nitrogens with one attached hydrogen (secondary N) is 3. The molecule has 0 aliphatic rings. The molecule has 0 aliphatic heterocycles. The molecule has 9 nitrogen and oxygen atoms in total. The Kier molecular flexibility index (Phi) is 7.40. The minimum Gasteiger partial charge on any atom is -0.384 e. The van der Waals surface area contributed by atoms with Gasteiger partial charge in [0.05, 0.1) is 18.7 Å². The average Bonchev–Trinajstić information content (AvgIpc) is 3.21. The molecule has 3 heterocycles. The summed E-state index contributed by atoms with van der Waals surface area (Å²) in [5.74, 6) is 0.833. The van der Waals surface area contributed by atoms with Crippen LogP contribution in [0, 0.1) is 20.8 Å². The van der Waals surface area contributed by atoms with Crippen LogP contribution in [0.5, 0.6) is 0 Å². The Labute approximate surface area is 213 Å². The number of nitrogens with zero attached hydrogens (tertiary/aromatic N) is 3. The minimum absolute atomic E-state index is 0.0466. The monoisotopic (exact) mass is 505 g/mol. The van der Waals surface area contributed by atoms with Crippen LogP contribution < -0.4 is 22.0 Å². The van der Waals surface area contributed by atoms with E-state index in [1.165, 1.54) is 4.68 Å². The zero-order valence-corrected chi connectivity index (χ0v) is 21.1. The number of amides is 1. The lowest BCUT2D eigenvalue weighted by atomic mass is 10.1. The molecule has 36 heavy (non-hydrogen) atoms. The molecule has 0 bridgehead atoms. The smallest absolute Gasteiger partial charge is 0.272 e. The van der Waals surface area contributed by atoms with Gasteiger partial charge in [-0.05, 0) is 49.6 Å². The Hall–Kier alpha value is -4.11. The number of nitrogen functional groups attached to an aromatic ring is 1. The van der Waals surface area contributed by atoms with E-state index in [0.29, 0.717) is 34.6 Å². The van der Waals surface area contributed by atoms with E-state index in [9.17, 15) is 9.59 Å². The predicted molar refractivity (Wildman–Crippen MR) is 141 cm³/mol. The third kappa shape index (κ3) is 5.58. The number of anilines is 1. The summed E-state index contributed by atoms with van der Waals surface area (Å²) in [5, 5.41) is 3.28. The van der Waals surface area contributed by atoms with E-state index < -0.39 is 0 Å². The summed E-state index contributed by atoms with van der Waals surface area (Å²) in [6.07, 6.45) is 1.58. The van der Waals surface area contributed by atoms with Gasteiger partial charge in [0, 0.05) is 29.6 Å². The lowest BCUT2D eigenvalue weighted by Gasteiger charge is -2.14. The molecule has 0 saturated heterocycles. The number of halogens is 1. The molecular weight excluding hydrogens is 478 g/mol. The average molecular weight is 506 g/mol. The lowest BCUT2D eigenvalue weighted by Crippen LogP contribution is -2.34. The molecule has 4 aromatic rings. The second-order valence-corrected chi connectivity index (χ2v) is 8.96. The third-order valence-electron chi connectivity index (χ3n) is 5.99. The number of carbonyl (C=O) groups excluding carboxylic acids is 1. The van der Waals surface area contributed by atoms with Crippen molar-refractivity contribution in [2.24, 2.45) is 0 Å². The lowest BCUT2D eigenvalue weighted by molar-refractivity contribution is -0.120. The van der Waals surface area contributed by atoms with Gasteiger partial charge >= 0.3 is 0 Å². The first-order chi connectivity index (χ1) is 17.2. The Morgan fingerprint density at radius 3 is 2.53 bits per heavy atom. The highest BCUT2D eigenvalue weighted by atomic mass is 35.5. The van der Waals surface area contributed by atoms with E-state index >= 15 is 0 Å². The molecular formula is C26H28ClN7O2. The third-order valence-corrected chi connectivity index (χ3v) is 6.31. The van der Waals surface area contributed by atoms with Crippen LogP contribution >= 0.6 is 11.6 Å². The van der Waals surface area contributed by atoms with E-state index in [1.807, 2.05) is 51.1 Å². The molecule has 0 atom stereocenters. The van der Waals surface area contributed by atoms with Crippen molar-refractivity contribution in [1.29, 1.82) is 0 Å². The number of aromatic amines is 1. The van der Waals surface area contributed by atoms with Crippen LogP contribution in [0.1, 0.15) is 33.6 Å². The summed E-state index contributed by atoms with van der Waals surface area (Å²) in [7, 11) is 0. The second kappa shape index (κ2) is 10.7. The molecule has 3 aromatic heterocycles. The molecule has 10 heteroatoms. The van der Waals surface area contributed by atoms with E-state index in [1.54, 1.807) is 18.3 Å². The van der Waals surface area contributed by atoms with Gasteiger partial charge in [0.25, 0.3) is 5.56 Å². The molecule has 0 aliphatic carbocycles. The normalized spacial score (nSPS) is 10.9. The largest absolute Gasteiger partial charge is 0.384 e. The van der Waals surface area contributed by atoms with Crippen molar-refractivity contribution in [2.75, 3.05) is 11.2 Å². The Balaban J connectivity index is 1.44. The van der Waals surface area contributed by atoms with Crippen molar-refractivity contribution < 1.29 is 4.79 Å². The number of rotatable bonds is 8. The van der Waals surface area contributed by atoms with Gasteiger partial charge < -0.3 is 21.5 Å². The standard InChI is InChI=1S/C26H28ClN7O2/c1-15-9-10-34(30-14-21-24(27)33-25(32-21)18-7-5-4-6-8-18)26(36)19(15)12-23(35)29-13-20-16(2)11-22(28)31-17(20)3/h4-11,30H,12-14H2,1-3H3,(H2,28,31)(H,29,35)(H,32,33). The molecule has 0 fully saturated rings. The van der Waals surface area contributed by atoms with Gasteiger partial charge in [0.2, 0.25) is 5.91 Å². The number of aryl methyl sites for hydroxylation is 3. The van der Waals surface area contributed by atoms with Crippen LogP contribution in [-0.2, 0) is 24.3 Å². The second-order valence-electron chi connectivity index (χ2n) is 8.58. The van der Waals surface area contributed by atoms with Gasteiger partial charge in [-0.25, -0.2) is 14.6 Å². The van der Waals surface area contributed by atoms with Crippen LogP contribution in [0.15, 0.2) is 53.5 Å². The maximum absolute atomic E-state index is 13.1. The molecule has 186 valence electrons. The van der Waals surface area contributed by atoms with E-state index in [-0.39, 0.29) is 24.4 Å². The van der Waals surface area contributed by atoms with Crippen molar-refractivity contribution in [3.63, 3.8) is 0 Å². The first-order valence-electron chi connectivity index (χ1n) is 11.5. The zero-order valence-electron chi connectivity index (χ0n) is 20.4. The van der Waals surface area contributed by atoms with Crippen LogP contribution in [0.25, 0.3) is 11.4 Å². The van der Waals surface area contributed by atoms with Crippen molar-refractivity contribution in [3.8, 4) is 11.4 Å². The molecule has 5 N–H and O–H groups in total. The predicted octanol–water partition coefficient (Wildman–Crippen LogP) is 3.40. The fourth-order valence-corrected chi connectivity index (χ4v) is 4.17. The number of H-pyrrole nitrogens is 1.